The summed E-state index contributed by atoms with van der Waals surface area (Å²) in [6.07, 6.45) is 2.05. The Morgan fingerprint density at radius 2 is 2.38 bits per heavy atom. The van der Waals surface area contributed by atoms with E-state index in [4.69, 9.17) is 4.74 Å². The van der Waals surface area contributed by atoms with Crippen molar-refractivity contribution >= 4 is 0 Å². The van der Waals surface area contributed by atoms with E-state index in [1.807, 2.05) is 0 Å². The SMILES string of the molecule is COCC(C)NCc1cccn1C. The van der Waals surface area contributed by atoms with Crippen LogP contribution in [-0.4, -0.2) is 24.3 Å². The highest BCUT2D eigenvalue weighted by Crippen LogP contribution is 1.99. The molecule has 0 saturated carbocycles. The van der Waals surface area contributed by atoms with Gasteiger partial charge in [-0.3, -0.25) is 0 Å². The summed E-state index contributed by atoms with van der Waals surface area (Å²) in [6.45, 7) is 3.77. The molecular formula is C10H18N2O. The molecule has 1 aromatic rings. The molecule has 0 radical (unpaired) electrons. The van der Waals surface area contributed by atoms with Crippen LogP contribution in [0.4, 0.5) is 0 Å². The van der Waals surface area contributed by atoms with E-state index in [9.17, 15) is 0 Å². The fourth-order valence-electron chi connectivity index (χ4n) is 1.27. The van der Waals surface area contributed by atoms with Crippen LogP contribution in [0.3, 0.4) is 0 Å². The third-order valence-electron chi connectivity index (χ3n) is 2.10. The van der Waals surface area contributed by atoms with E-state index < -0.39 is 0 Å². The van der Waals surface area contributed by atoms with E-state index in [1.165, 1.54) is 5.69 Å². The summed E-state index contributed by atoms with van der Waals surface area (Å²) < 4.78 is 7.15. The second-order valence-electron chi connectivity index (χ2n) is 3.35. The topological polar surface area (TPSA) is 26.2 Å². The molecule has 13 heavy (non-hydrogen) atoms. The Labute approximate surface area is 79.7 Å². The first kappa shape index (κ1) is 10.3. The van der Waals surface area contributed by atoms with Crippen LogP contribution in [-0.2, 0) is 18.3 Å². The number of nitrogens with zero attached hydrogens (tertiary/aromatic N) is 1. The zero-order valence-corrected chi connectivity index (χ0v) is 8.58. The van der Waals surface area contributed by atoms with Crippen LogP contribution in [0.15, 0.2) is 18.3 Å². The van der Waals surface area contributed by atoms with E-state index in [1.54, 1.807) is 7.11 Å². The molecule has 3 nitrogen and oxygen atoms in total. The molecule has 1 rings (SSSR count). The quantitative estimate of drug-likeness (QED) is 0.739. The van der Waals surface area contributed by atoms with Gasteiger partial charge < -0.3 is 14.6 Å². The van der Waals surface area contributed by atoms with Crippen molar-refractivity contribution < 1.29 is 4.74 Å². The Balaban J connectivity index is 2.30. The van der Waals surface area contributed by atoms with Crippen LogP contribution in [0.25, 0.3) is 0 Å². The van der Waals surface area contributed by atoms with Gasteiger partial charge in [-0.2, -0.15) is 0 Å². The van der Waals surface area contributed by atoms with Crippen molar-refractivity contribution in [1.29, 1.82) is 0 Å². The minimum atomic E-state index is 0.403. The minimum Gasteiger partial charge on any atom is -0.383 e. The molecule has 0 bridgehead atoms. The maximum atomic E-state index is 5.03. The molecule has 0 aromatic carbocycles. The Hall–Kier alpha value is -0.800. The summed E-state index contributed by atoms with van der Waals surface area (Å²) in [4.78, 5) is 0. The van der Waals surface area contributed by atoms with Gasteiger partial charge in [0.1, 0.15) is 0 Å². The Morgan fingerprint density at radius 1 is 1.62 bits per heavy atom. The molecular weight excluding hydrogens is 164 g/mol. The van der Waals surface area contributed by atoms with Crippen LogP contribution in [0, 0.1) is 0 Å². The van der Waals surface area contributed by atoms with Gasteiger partial charge in [-0.15, -0.1) is 0 Å². The van der Waals surface area contributed by atoms with Crippen LogP contribution < -0.4 is 5.32 Å². The van der Waals surface area contributed by atoms with E-state index in [0.717, 1.165) is 13.2 Å². The van der Waals surface area contributed by atoms with Crippen LogP contribution in [0.1, 0.15) is 12.6 Å². The van der Waals surface area contributed by atoms with Crippen molar-refractivity contribution in [3.63, 3.8) is 0 Å². The summed E-state index contributed by atoms with van der Waals surface area (Å²) in [5, 5.41) is 3.38. The minimum absolute atomic E-state index is 0.403. The van der Waals surface area contributed by atoms with E-state index >= 15 is 0 Å². The molecule has 0 amide bonds. The van der Waals surface area contributed by atoms with Crippen molar-refractivity contribution in [2.24, 2.45) is 7.05 Å². The zero-order valence-electron chi connectivity index (χ0n) is 8.58. The highest BCUT2D eigenvalue weighted by molar-refractivity contribution is 5.06. The molecule has 0 spiro atoms. The van der Waals surface area contributed by atoms with E-state index in [0.29, 0.717) is 6.04 Å². The first-order valence-corrected chi connectivity index (χ1v) is 4.56. The van der Waals surface area contributed by atoms with Gasteiger partial charge in [0.25, 0.3) is 0 Å². The summed E-state index contributed by atoms with van der Waals surface area (Å²) in [5.74, 6) is 0. The molecule has 74 valence electrons. The molecule has 0 aliphatic carbocycles. The molecule has 1 unspecified atom stereocenters. The number of hydrogen-bond donors (Lipinski definition) is 1. The smallest absolute Gasteiger partial charge is 0.0613 e. The van der Waals surface area contributed by atoms with Crippen LogP contribution in [0.5, 0.6) is 0 Å². The predicted molar refractivity (Wildman–Crippen MR) is 53.6 cm³/mol. The maximum absolute atomic E-state index is 5.03. The second kappa shape index (κ2) is 5.04. The van der Waals surface area contributed by atoms with Gasteiger partial charge in [-0.05, 0) is 19.1 Å². The number of nitrogens with one attached hydrogen (secondary N) is 1. The molecule has 1 heterocycles. The molecule has 0 aliphatic rings. The number of rotatable bonds is 5. The number of ether oxygens (including phenoxy) is 1. The fourth-order valence-corrected chi connectivity index (χ4v) is 1.27. The predicted octanol–water partition coefficient (Wildman–Crippen LogP) is 1.15. The van der Waals surface area contributed by atoms with Crippen molar-refractivity contribution in [1.82, 2.24) is 9.88 Å². The van der Waals surface area contributed by atoms with Crippen molar-refractivity contribution in [2.45, 2.75) is 19.5 Å². The molecule has 0 aliphatic heterocycles. The highest BCUT2D eigenvalue weighted by Gasteiger charge is 2.01. The third kappa shape index (κ3) is 3.20. The normalized spacial score (nSPS) is 13.2. The Morgan fingerprint density at radius 3 is 2.92 bits per heavy atom. The average Bonchev–Trinajstić information content (AvgIpc) is 2.48. The first-order chi connectivity index (χ1) is 6.24. The lowest BCUT2D eigenvalue weighted by atomic mass is 10.3. The summed E-state index contributed by atoms with van der Waals surface area (Å²) in [6, 6.07) is 4.57. The molecule has 1 N–H and O–H groups in total. The Bertz CT molecular complexity index is 245. The zero-order chi connectivity index (χ0) is 9.68. The lowest BCUT2D eigenvalue weighted by Crippen LogP contribution is -2.30. The lowest BCUT2D eigenvalue weighted by molar-refractivity contribution is 0.171. The van der Waals surface area contributed by atoms with Gasteiger partial charge in [0, 0.05) is 38.6 Å². The van der Waals surface area contributed by atoms with Crippen molar-refractivity contribution in [3.8, 4) is 0 Å². The standard InChI is InChI=1S/C10H18N2O/c1-9(8-13-3)11-7-10-5-4-6-12(10)2/h4-6,9,11H,7-8H2,1-3H3. The number of hydrogen-bond acceptors (Lipinski definition) is 2. The maximum Gasteiger partial charge on any atom is 0.0613 e. The van der Waals surface area contributed by atoms with Crippen LogP contribution >= 0.6 is 0 Å². The second-order valence-corrected chi connectivity index (χ2v) is 3.35. The Kier molecular flexibility index (Phi) is 3.99. The lowest BCUT2D eigenvalue weighted by Gasteiger charge is -2.12. The molecule has 1 atom stereocenters. The average molecular weight is 182 g/mol. The number of aromatic nitrogens is 1. The third-order valence-corrected chi connectivity index (χ3v) is 2.10. The van der Waals surface area contributed by atoms with Crippen molar-refractivity contribution in [3.05, 3.63) is 24.0 Å². The van der Waals surface area contributed by atoms with Gasteiger partial charge in [-0.1, -0.05) is 0 Å². The number of methoxy groups -OCH3 is 1. The first-order valence-electron chi connectivity index (χ1n) is 4.56. The summed E-state index contributed by atoms with van der Waals surface area (Å²) in [5.41, 5.74) is 1.29. The van der Waals surface area contributed by atoms with Gasteiger partial charge in [0.05, 0.1) is 6.61 Å². The molecule has 0 saturated heterocycles. The van der Waals surface area contributed by atoms with Gasteiger partial charge >= 0.3 is 0 Å². The number of aryl methyl sites for hydroxylation is 1. The summed E-state index contributed by atoms with van der Waals surface area (Å²) in [7, 11) is 3.78. The largest absolute Gasteiger partial charge is 0.383 e. The van der Waals surface area contributed by atoms with Gasteiger partial charge in [-0.25, -0.2) is 0 Å². The van der Waals surface area contributed by atoms with Gasteiger partial charge in [0.15, 0.2) is 0 Å². The van der Waals surface area contributed by atoms with E-state index in [2.05, 4.69) is 42.2 Å². The summed E-state index contributed by atoms with van der Waals surface area (Å²) >= 11 is 0. The van der Waals surface area contributed by atoms with Crippen molar-refractivity contribution in [2.75, 3.05) is 13.7 Å². The highest BCUT2D eigenvalue weighted by atomic mass is 16.5. The monoisotopic (exact) mass is 182 g/mol. The molecule has 3 heteroatoms. The van der Waals surface area contributed by atoms with Gasteiger partial charge in [0.2, 0.25) is 0 Å². The molecule has 0 fully saturated rings. The van der Waals surface area contributed by atoms with E-state index in [-0.39, 0.29) is 0 Å². The molecule has 1 aromatic heterocycles. The fraction of sp³-hybridized carbons (Fsp3) is 0.600. The van der Waals surface area contributed by atoms with Crippen LogP contribution in [0.2, 0.25) is 0 Å².